The molecule has 1 aromatic heterocycles. The maximum Gasteiger partial charge on any atom is 0.407 e. The summed E-state index contributed by atoms with van der Waals surface area (Å²) in [5.41, 5.74) is 2.90. The molecule has 0 aliphatic heterocycles. The predicted octanol–water partition coefficient (Wildman–Crippen LogP) is 3.51. The van der Waals surface area contributed by atoms with Crippen molar-refractivity contribution in [2.45, 2.75) is 19.4 Å². The number of benzene rings is 2. The summed E-state index contributed by atoms with van der Waals surface area (Å²) in [7, 11) is 1.27. The second-order valence-corrected chi connectivity index (χ2v) is 6.89. The molecule has 1 atom stereocenters. The summed E-state index contributed by atoms with van der Waals surface area (Å²) in [4.78, 5) is 28.7. The summed E-state index contributed by atoms with van der Waals surface area (Å²) < 4.78 is 5.64. The van der Waals surface area contributed by atoms with Gasteiger partial charge in [0.15, 0.2) is 5.13 Å². The molecular weight excluding hydrogens is 350 g/mol. The number of anilines is 1. The second-order valence-electron chi connectivity index (χ2n) is 5.86. The summed E-state index contributed by atoms with van der Waals surface area (Å²) in [6, 6.07) is 14.6. The minimum atomic E-state index is -0.765. The number of ether oxygens (including phenoxy) is 1. The Morgan fingerprint density at radius 1 is 1.19 bits per heavy atom. The number of thiazole rings is 1. The Balaban J connectivity index is 1.77. The first-order valence-electron chi connectivity index (χ1n) is 8.11. The number of nitrogens with zero attached hydrogens (tertiary/aromatic N) is 1. The van der Waals surface area contributed by atoms with Gasteiger partial charge in [0, 0.05) is 6.42 Å². The summed E-state index contributed by atoms with van der Waals surface area (Å²) in [5.74, 6) is -0.338. The predicted molar refractivity (Wildman–Crippen MR) is 102 cm³/mol. The molecule has 2 amide bonds. The smallest absolute Gasteiger partial charge is 0.407 e. The van der Waals surface area contributed by atoms with Gasteiger partial charge in [-0.15, -0.1) is 0 Å². The van der Waals surface area contributed by atoms with E-state index in [9.17, 15) is 9.59 Å². The number of aromatic nitrogens is 1. The van der Waals surface area contributed by atoms with Crippen molar-refractivity contribution in [3.63, 3.8) is 0 Å². The van der Waals surface area contributed by atoms with Crippen molar-refractivity contribution in [1.82, 2.24) is 10.3 Å². The number of alkyl carbamates (subject to hydrolysis) is 1. The Kier molecular flexibility index (Phi) is 5.48. The monoisotopic (exact) mass is 369 g/mol. The first kappa shape index (κ1) is 17.9. The highest BCUT2D eigenvalue weighted by Gasteiger charge is 2.22. The Hall–Kier alpha value is -2.93. The van der Waals surface area contributed by atoms with Crippen LogP contribution in [0.1, 0.15) is 11.1 Å². The van der Waals surface area contributed by atoms with Gasteiger partial charge in [0.1, 0.15) is 6.04 Å². The van der Waals surface area contributed by atoms with Crippen molar-refractivity contribution in [2.24, 2.45) is 0 Å². The van der Waals surface area contributed by atoms with Crippen molar-refractivity contribution < 1.29 is 14.3 Å². The van der Waals surface area contributed by atoms with Gasteiger partial charge >= 0.3 is 6.09 Å². The molecular formula is C19H19N3O3S. The number of hydrogen-bond donors (Lipinski definition) is 2. The van der Waals surface area contributed by atoms with Gasteiger partial charge in [-0.1, -0.05) is 47.7 Å². The van der Waals surface area contributed by atoms with Crippen LogP contribution >= 0.6 is 11.3 Å². The van der Waals surface area contributed by atoms with Crippen molar-refractivity contribution in [3.8, 4) is 0 Å². The normalized spacial score (nSPS) is 11.8. The van der Waals surface area contributed by atoms with Crippen LogP contribution in [-0.2, 0) is 16.0 Å². The molecule has 0 aliphatic carbocycles. The number of aryl methyl sites for hydroxylation is 1. The molecule has 0 saturated heterocycles. The second kappa shape index (κ2) is 7.97. The lowest BCUT2D eigenvalue weighted by Gasteiger charge is -2.17. The fourth-order valence-corrected chi connectivity index (χ4v) is 3.51. The Bertz CT molecular complexity index is 924. The maximum absolute atomic E-state index is 12.7. The summed E-state index contributed by atoms with van der Waals surface area (Å²) in [6.45, 7) is 2.01. The molecule has 2 N–H and O–H groups in total. The number of nitrogens with one attached hydrogen (secondary N) is 2. The molecule has 0 bridgehead atoms. The van der Waals surface area contributed by atoms with Crippen LogP contribution in [0.2, 0.25) is 0 Å². The van der Waals surface area contributed by atoms with Crippen LogP contribution < -0.4 is 10.6 Å². The molecule has 2 aromatic carbocycles. The van der Waals surface area contributed by atoms with E-state index in [1.807, 2.05) is 55.5 Å². The quantitative estimate of drug-likeness (QED) is 0.721. The lowest BCUT2D eigenvalue weighted by molar-refractivity contribution is -0.118. The average Bonchev–Trinajstić information content (AvgIpc) is 3.03. The third-order valence-corrected chi connectivity index (χ3v) is 4.78. The van der Waals surface area contributed by atoms with Crippen LogP contribution in [0.5, 0.6) is 0 Å². The number of fused-ring (bicyclic) bond motifs is 1. The molecule has 1 unspecified atom stereocenters. The van der Waals surface area contributed by atoms with Crippen LogP contribution in [0.4, 0.5) is 9.93 Å². The highest BCUT2D eigenvalue weighted by Crippen LogP contribution is 2.26. The Labute approximate surface area is 155 Å². The molecule has 0 spiro atoms. The highest BCUT2D eigenvalue weighted by atomic mass is 32.1. The highest BCUT2D eigenvalue weighted by molar-refractivity contribution is 7.22. The fourth-order valence-electron chi connectivity index (χ4n) is 2.54. The van der Waals surface area contributed by atoms with Gasteiger partial charge in [-0.2, -0.15) is 0 Å². The standard InChI is InChI=1S/C19H19N3O3S/c1-12-8-9-14-16(10-12)26-18(20-14)22-17(23)15(21-19(24)25-2)11-13-6-4-3-5-7-13/h3-10,15H,11H2,1-2H3,(H,21,24)(H,20,22,23). The zero-order chi connectivity index (χ0) is 18.5. The third-order valence-electron chi connectivity index (χ3n) is 3.85. The van der Waals surface area contributed by atoms with Crippen molar-refractivity contribution in [2.75, 3.05) is 12.4 Å². The van der Waals surface area contributed by atoms with Gasteiger partial charge in [0.05, 0.1) is 17.3 Å². The van der Waals surface area contributed by atoms with Gasteiger partial charge in [0.25, 0.3) is 0 Å². The minimum absolute atomic E-state index is 0.338. The molecule has 0 aliphatic rings. The van der Waals surface area contributed by atoms with E-state index in [-0.39, 0.29) is 5.91 Å². The molecule has 3 aromatic rings. The molecule has 6 nitrogen and oxygen atoms in total. The lowest BCUT2D eigenvalue weighted by Crippen LogP contribution is -2.45. The van der Waals surface area contributed by atoms with Crippen molar-refractivity contribution in [3.05, 3.63) is 59.7 Å². The molecule has 3 rings (SSSR count). The zero-order valence-electron chi connectivity index (χ0n) is 14.5. The molecule has 26 heavy (non-hydrogen) atoms. The topological polar surface area (TPSA) is 80.3 Å². The van der Waals surface area contributed by atoms with E-state index < -0.39 is 12.1 Å². The molecule has 7 heteroatoms. The summed E-state index contributed by atoms with van der Waals surface area (Å²) in [6.07, 6.45) is -0.299. The number of hydrogen-bond acceptors (Lipinski definition) is 5. The lowest BCUT2D eigenvalue weighted by atomic mass is 10.1. The van der Waals surface area contributed by atoms with Gasteiger partial charge < -0.3 is 15.4 Å². The molecule has 0 radical (unpaired) electrons. The van der Waals surface area contributed by atoms with Crippen molar-refractivity contribution >= 4 is 38.7 Å². The van der Waals surface area contributed by atoms with E-state index in [1.165, 1.54) is 18.4 Å². The minimum Gasteiger partial charge on any atom is -0.453 e. The van der Waals surface area contributed by atoms with E-state index in [2.05, 4.69) is 20.4 Å². The SMILES string of the molecule is COC(=O)NC(Cc1ccccc1)C(=O)Nc1nc2ccc(C)cc2s1. The van der Waals surface area contributed by atoms with Crippen LogP contribution in [0, 0.1) is 6.92 Å². The van der Waals surface area contributed by atoms with E-state index >= 15 is 0 Å². The average molecular weight is 369 g/mol. The fraction of sp³-hybridized carbons (Fsp3) is 0.211. The summed E-state index contributed by atoms with van der Waals surface area (Å²) >= 11 is 1.40. The van der Waals surface area contributed by atoms with Crippen LogP contribution in [0.3, 0.4) is 0 Å². The van der Waals surface area contributed by atoms with Crippen LogP contribution in [-0.4, -0.2) is 30.1 Å². The Morgan fingerprint density at radius 2 is 1.96 bits per heavy atom. The van der Waals surface area contributed by atoms with Gasteiger partial charge in [-0.25, -0.2) is 9.78 Å². The molecule has 0 saturated carbocycles. The maximum atomic E-state index is 12.7. The first-order chi connectivity index (χ1) is 12.5. The zero-order valence-corrected chi connectivity index (χ0v) is 15.3. The first-order valence-corrected chi connectivity index (χ1v) is 8.93. The molecule has 0 fully saturated rings. The largest absolute Gasteiger partial charge is 0.453 e. The van der Waals surface area contributed by atoms with Gasteiger partial charge in [-0.05, 0) is 30.2 Å². The van der Waals surface area contributed by atoms with Gasteiger partial charge in [-0.3, -0.25) is 4.79 Å². The van der Waals surface area contributed by atoms with E-state index in [1.54, 1.807) is 0 Å². The van der Waals surface area contributed by atoms with E-state index in [4.69, 9.17) is 0 Å². The van der Waals surface area contributed by atoms with E-state index in [0.29, 0.717) is 11.6 Å². The number of amides is 2. The van der Waals surface area contributed by atoms with Crippen LogP contribution in [0.25, 0.3) is 10.2 Å². The third kappa shape index (κ3) is 4.37. The van der Waals surface area contributed by atoms with E-state index in [0.717, 1.165) is 21.3 Å². The summed E-state index contributed by atoms with van der Waals surface area (Å²) in [5, 5.41) is 5.88. The molecule has 134 valence electrons. The number of carbonyl (C=O) groups is 2. The van der Waals surface area contributed by atoms with Crippen molar-refractivity contribution in [1.29, 1.82) is 0 Å². The number of rotatable bonds is 5. The van der Waals surface area contributed by atoms with Crippen LogP contribution in [0.15, 0.2) is 48.5 Å². The number of carbonyl (C=O) groups excluding carboxylic acids is 2. The van der Waals surface area contributed by atoms with Gasteiger partial charge in [0.2, 0.25) is 5.91 Å². The Morgan fingerprint density at radius 3 is 2.69 bits per heavy atom. The number of methoxy groups -OCH3 is 1. The molecule has 1 heterocycles.